The Labute approximate surface area is 181 Å². The van der Waals surface area contributed by atoms with Gasteiger partial charge in [0.1, 0.15) is 6.54 Å². The molecule has 2 N–H and O–H groups in total. The van der Waals surface area contributed by atoms with Gasteiger partial charge in [-0.15, -0.1) is 24.0 Å². The van der Waals surface area contributed by atoms with Crippen molar-refractivity contribution < 1.29 is 9.53 Å². The van der Waals surface area contributed by atoms with Crippen LogP contribution in [0.5, 0.6) is 0 Å². The maximum atomic E-state index is 11.9. The van der Waals surface area contributed by atoms with Crippen LogP contribution in [0.25, 0.3) is 0 Å². The van der Waals surface area contributed by atoms with Crippen molar-refractivity contribution in [1.82, 2.24) is 20.4 Å². The molecule has 1 heterocycles. The molecule has 0 spiro atoms. The summed E-state index contributed by atoms with van der Waals surface area (Å²) in [6.07, 6.45) is 8.46. The van der Waals surface area contributed by atoms with E-state index < -0.39 is 0 Å². The second-order valence-electron chi connectivity index (χ2n) is 7.69. The van der Waals surface area contributed by atoms with Crippen LogP contribution in [-0.4, -0.2) is 87.7 Å². The summed E-state index contributed by atoms with van der Waals surface area (Å²) < 4.78 is 5.17. The Hall–Kier alpha value is -0.610. The monoisotopic (exact) mass is 495 g/mol. The van der Waals surface area contributed by atoms with Gasteiger partial charge in [0.2, 0.25) is 5.91 Å². The number of guanidine groups is 1. The van der Waals surface area contributed by atoms with Crippen molar-refractivity contribution in [1.29, 1.82) is 0 Å². The Balaban J connectivity index is 0.00000364. The number of rotatable bonds is 7. The Morgan fingerprint density at radius 2 is 1.67 bits per heavy atom. The van der Waals surface area contributed by atoms with Crippen molar-refractivity contribution in [2.75, 3.05) is 54.0 Å². The van der Waals surface area contributed by atoms with Gasteiger partial charge in [-0.3, -0.25) is 4.79 Å². The molecule has 0 aromatic rings. The van der Waals surface area contributed by atoms with E-state index in [2.05, 4.69) is 20.5 Å². The van der Waals surface area contributed by atoms with Crippen molar-refractivity contribution in [3.8, 4) is 0 Å². The fourth-order valence-corrected chi connectivity index (χ4v) is 3.58. The lowest BCUT2D eigenvalue weighted by Gasteiger charge is -2.34. The maximum absolute atomic E-state index is 11.9. The average molecular weight is 495 g/mol. The molecular weight excluding hydrogens is 457 g/mol. The van der Waals surface area contributed by atoms with Gasteiger partial charge in [-0.05, 0) is 25.7 Å². The molecule has 0 unspecified atom stereocenters. The quantitative estimate of drug-likeness (QED) is 0.320. The number of piperidine rings is 1. The molecule has 2 aliphatic rings. The summed E-state index contributed by atoms with van der Waals surface area (Å²) in [5, 5.41) is 7.16. The number of ether oxygens (including phenoxy) is 1. The Kier molecular flexibility index (Phi) is 12.3. The highest BCUT2D eigenvalue weighted by Gasteiger charge is 2.21. The zero-order chi connectivity index (χ0) is 18.8. The highest BCUT2D eigenvalue weighted by atomic mass is 127. The minimum absolute atomic E-state index is 0. The fourth-order valence-electron chi connectivity index (χ4n) is 3.58. The third kappa shape index (κ3) is 9.43. The Morgan fingerprint density at radius 3 is 2.22 bits per heavy atom. The summed E-state index contributed by atoms with van der Waals surface area (Å²) in [7, 11) is 5.30. The minimum atomic E-state index is 0. The molecule has 1 aliphatic carbocycles. The second-order valence-corrected chi connectivity index (χ2v) is 7.69. The van der Waals surface area contributed by atoms with Gasteiger partial charge in [-0.2, -0.15) is 0 Å². The minimum Gasteiger partial charge on any atom is -0.383 e. The predicted octanol–water partition coefficient (Wildman–Crippen LogP) is 1.67. The molecule has 1 saturated heterocycles. The lowest BCUT2D eigenvalue weighted by molar-refractivity contribution is -0.127. The smallest absolute Gasteiger partial charge is 0.243 e. The summed E-state index contributed by atoms with van der Waals surface area (Å²) >= 11 is 0. The highest BCUT2D eigenvalue weighted by molar-refractivity contribution is 14.0. The number of likely N-dealkylation sites (tertiary alicyclic amines) is 1. The van der Waals surface area contributed by atoms with Gasteiger partial charge in [0.05, 0.1) is 6.61 Å². The summed E-state index contributed by atoms with van der Waals surface area (Å²) in [5.74, 6) is 0.839. The number of carbonyl (C=O) groups is 1. The van der Waals surface area contributed by atoms with Crippen LogP contribution in [0.3, 0.4) is 0 Å². The van der Waals surface area contributed by atoms with Crippen LogP contribution in [0.2, 0.25) is 0 Å². The van der Waals surface area contributed by atoms with E-state index in [1.807, 2.05) is 0 Å². The van der Waals surface area contributed by atoms with E-state index in [1.54, 1.807) is 26.1 Å². The lowest BCUT2D eigenvalue weighted by Crippen LogP contribution is -2.51. The fraction of sp³-hybridized carbons (Fsp3) is 0.895. The summed E-state index contributed by atoms with van der Waals surface area (Å²) in [5.41, 5.74) is 0. The van der Waals surface area contributed by atoms with E-state index >= 15 is 0 Å². The SMILES string of the molecule is COCCN1CCC(NC(=NCC(=O)N(C)C)NC2CCCCC2)CC1.I. The van der Waals surface area contributed by atoms with E-state index in [4.69, 9.17) is 4.74 Å². The first-order valence-electron chi connectivity index (χ1n) is 10.1. The molecule has 27 heavy (non-hydrogen) atoms. The lowest BCUT2D eigenvalue weighted by atomic mass is 9.95. The van der Waals surface area contributed by atoms with Crippen LogP contribution in [0.1, 0.15) is 44.9 Å². The zero-order valence-electron chi connectivity index (χ0n) is 17.2. The Bertz CT molecular complexity index is 447. The van der Waals surface area contributed by atoms with E-state index in [0.29, 0.717) is 12.1 Å². The molecule has 0 aromatic carbocycles. The van der Waals surface area contributed by atoms with E-state index in [1.165, 1.54) is 32.1 Å². The molecule has 2 rings (SSSR count). The standard InChI is InChI=1S/C19H37N5O2.HI/c1-23(2)18(25)15-20-19(21-16-7-5-4-6-8-16)22-17-9-11-24(12-10-17)13-14-26-3;/h16-17H,4-15H2,1-3H3,(H2,20,21,22);1H. The van der Waals surface area contributed by atoms with Crippen LogP contribution < -0.4 is 10.6 Å². The first kappa shape index (κ1) is 24.4. The summed E-state index contributed by atoms with van der Waals surface area (Å²) in [6.45, 7) is 4.15. The van der Waals surface area contributed by atoms with Crippen molar-refractivity contribution in [2.45, 2.75) is 57.0 Å². The molecule has 0 atom stereocenters. The number of aliphatic imine (C=N–C) groups is 1. The molecule has 1 saturated carbocycles. The number of nitrogens with zero attached hydrogens (tertiary/aromatic N) is 3. The molecular formula is C19H38IN5O2. The Morgan fingerprint density at radius 1 is 1.07 bits per heavy atom. The number of halogens is 1. The molecule has 1 aliphatic heterocycles. The first-order chi connectivity index (χ1) is 12.6. The van der Waals surface area contributed by atoms with E-state index in [-0.39, 0.29) is 36.4 Å². The number of likely N-dealkylation sites (N-methyl/N-ethyl adjacent to an activating group) is 1. The van der Waals surface area contributed by atoms with E-state index in [9.17, 15) is 4.79 Å². The van der Waals surface area contributed by atoms with Crippen LogP contribution in [0, 0.1) is 0 Å². The van der Waals surface area contributed by atoms with Gasteiger partial charge in [-0.1, -0.05) is 19.3 Å². The van der Waals surface area contributed by atoms with Gasteiger partial charge in [0, 0.05) is 52.9 Å². The highest BCUT2D eigenvalue weighted by Crippen LogP contribution is 2.17. The molecule has 0 radical (unpaired) electrons. The number of hydrogen-bond donors (Lipinski definition) is 2. The molecule has 1 amide bonds. The third-order valence-electron chi connectivity index (χ3n) is 5.36. The molecule has 7 nitrogen and oxygen atoms in total. The van der Waals surface area contributed by atoms with Gasteiger partial charge in [-0.25, -0.2) is 4.99 Å². The third-order valence-corrected chi connectivity index (χ3v) is 5.36. The largest absolute Gasteiger partial charge is 0.383 e. The number of nitrogens with one attached hydrogen (secondary N) is 2. The normalized spacial score (nSPS) is 20.0. The average Bonchev–Trinajstić information content (AvgIpc) is 2.66. The van der Waals surface area contributed by atoms with Crippen molar-refractivity contribution in [2.24, 2.45) is 4.99 Å². The summed E-state index contributed by atoms with van der Waals surface area (Å²) in [6, 6.07) is 0.893. The van der Waals surface area contributed by atoms with Gasteiger partial charge in [0.25, 0.3) is 0 Å². The number of carbonyl (C=O) groups excluding carboxylic acids is 1. The zero-order valence-corrected chi connectivity index (χ0v) is 19.5. The number of methoxy groups -OCH3 is 1. The molecule has 0 bridgehead atoms. The van der Waals surface area contributed by atoms with Crippen molar-refractivity contribution >= 4 is 35.8 Å². The van der Waals surface area contributed by atoms with E-state index in [0.717, 1.165) is 45.0 Å². The topological polar surface area (TPSA) is 69.2 Å². The molecule has 0 aromatic heterocycles. The van der Waals surface area contributed by atoms with Crippen molar-refractivity contribution in [3.05, 3.63) is 0 Å². The van der Waals surface area contributed by atoms with Crippen LogP contribution in [0.15, 0.2) is 4.99 Å². The van der Waals surface area contributed by atoms with Crippen LogP contribution >= 0.6 is 24.0 Å². The second kappa shape index (κ2) is 13.5. The number of hydrogen-bond acceptors (Lipinski definition) is 4. The van der Waals surface area contributed by atoms with Gasteiger partial charge in [0.15, 0.2) is 5.96 Å². The molecule has 2 fully saturated rings. The van der Waals surface area contributed by atoms with Gasteiger partial charge < -0.3 is 25.2 Å². The maximum Gasteiger partial charge on any atom is 0.243 e. The number of amides is 1. The van der Waals surface area contributed by atoms with Gasteiger partial charge >= 0.3 is 0 Å². The predicted molar refractivity (Wildman–Crippen MR) is 121 cm³/mol. The molecule has 8 heteroatoms. The summed E-state index contributed by atoms with van der Waals surface area (Å²) in [4.78, 5) is 20.5. The van der Waals surface area contributed by atoms with Crippen LogP contribution in [-0.2, 0) is 9.53 Å². The van der Waals surface area contributed by atoms with Crippen LogP contribution in [0.4, 0.5) is 0 Å². The molecule has 158 valence electrons. The first-order valence-corrected chi connectivity index (χ1v) is 10.1. The van der Waals surface area contributed by atoms with Crippen molar-refractivity contribution in [3.63, 3.8) is 0 Å².